The van der Waals surface area contributed by atoms with Gasteiger partial charge in [-0.05, 0) is 41.5 Å². The predicted molar refractivity (Wildman–Crippen MR) is 72.8 cm³/mol. The molecule has 0 radical (unpaired) electrons. The Labute approximate surface area is 103 Å². The molecule has 0 N–H and O–H groups in total. The van der Waals surface area contributed by atoms with Gasteiger partial charge in [0.2, 0.25) is 0 Å². The summed E-state index contributed by atoms with van der Waals surface area (Å²) in [7, 11) is 0. The smallest absolute Gasteiger partial charge is 0.00228 e. The van der Waals surface area contributed by atoms with Crippen LogP contribution >= 0.6 is 0 Å². The van der Waals surface area contributed by atoms with Crippen LogP contribution in [0.4, 0.5) is 0 Å². The van der Waals surface area contributed by atoms with E-state index in [1.807, 2.05) is 0 Å². The minimum Gasteiger partial charge on any atom is -0.0801 e. The molecule has 0 nitrogen and oxygen atoms in total. The molecule has 0 aliphatic heterocycles. The van der Waals surface area contributed by atoms with E-state index < -0.39 is 0 Å². The maximum atomic E-state index is 2.33. The molecule has 17 heavy (non-hydrogen) atoms. The van der Waals surface area contributed by atoms with Crippen molar-refractivity contribution in [3.63, 3.8) is 0 Å². The van der Waals surface area contributed by atoms with Crippen LogP contribution in [0.25, 0.3) is 0 Å². The molecule has 0 bridgehead atoms. The van der Waals surface area contributed by atoms with Gasteiger partial charge in [-0.2, -0.15) is 0 Å². The Morgan fingerprint density at radius 1 is 0.941 bits per heavy atom. The van der Waals surface area contributed by atoms with Crippen molar-refractivity contribution in [1.82, 2.24) is 0 Å². The fraction of sp³-hybridized carbons (Fsp3) is 0.176. The van der Waals surface area contributed by atoms with Gasteiger partial charge in [0.15, 0.2) is 0 Å². The fourth-order valence-electron chi connectivity index (χ4n) is 2.52. The quantitative estimate of drug-likeness (QED) is 0.709. The highest BCUT2D eigenvalue weighted by Crippen LogP contribution is 2.31. The highest BCUT2D eigenvalue weighted by molar-refractivity contribution is 5.53. The number of allylic oxidation sites excluding steroid dienone is 8. The Morgan fingerprint density at radius 2 is 1.82 bits per heavy atom. The van der Waals surface area contributed by atoms with Crippen molar-refractivity contribution < 1.29 is 0 Å². The number of rotatable bonds is 3. The van der Waals surface area contributed by atoms with E-state index in [9.17, 15) is 0 Å². The van der Waals surface area contributed by atoms with E-state index in [0.29, 0.717) is 0 Å². The molecule has 0 spiro atoms. The number of hydrogen-bond donors (Lipinski definition) is 0. The molecule has 0 amide bonds. The topological polar surface area (TPSA) is 0 Å². The Morgan fingerprint density at radius 3 is 2.59 bits per heavy atom. The van der Waals surface area contributed by atoms with E-state index in [2.05, 4.69) is 60.7 Å². The van der Waals surface area contributed by atoms with E-state index in [4.69, 9.17) is 0 Å². The standard InChI is InChI=1S/C17H16/c1-2-7-14(8-3-1)13-16-11-6-12-17(16)15-9-4-5-10-15/h1-4,6-11H,5,12-13H2. The highest BCUT2D eigenvalue weighted by atomic mass is 14.2. The second kappa shape index (κ2) is 4.58. The van der Waals surface area contributed by atoms with E-state index in [1.54, 1.807) is 0 Å². The van der Waals surface area contributed by atoms with Gasteiger partial charge in [0, 0.05) is 0 Å². The molecule has 2 aliphatic carbocycles. The summed E-state index contributed by atoms with van der Waals surface area (Å²) in [4.78, 5) is 0. The van der Waals surface area contributed by atoms with E-state index in [1.165, 1.54) is 22.3 Å². The lowest BCUT2D eigenvalue weighted by atomic mass is 9.97. The summed E-state index contributed by atoms with van der Waals surface area (Å²) in [5.41, 5.74) is 5.83. The third kappa shape index (κ3) is 2.16. The molecule has 0 saturated heterocycles. The second-order valence-corrected chi connectivity index (χ2v) is 4.57. The Balaban J connectivity index is 1.87. The fourth-order valence-corrected chi connectivity index (χ4v) is 2.52. The van der Waals surface area contributed by atoms with Gasteiger partial charge in [-0.3, -0.25) is 0 Å². The van der Waals surface area contributed by atoms with Crippen LogP contribution in [0.2, 0.25) is 0 Å². The van der Waals surface area contributed by atoms with Crippen LogP contribution in [0.5, 0.6) is 0 Å². The van der Waals surface area contributed by atoms with Crippen molar-refractivity contribution in [1.29, 1.82) is 0 Å². The zero-order valence-electron chi connectivity index (χ0n) is 9.89. The van der Waals surface area contributed by atoms with Crippen molar-refractivity contribution >= 4 is 0 Å². The normalized spacial score (nSPS) is 18.0. The van der Waals surface area contributed by atoms with Crippen molar-refractivity contribution in [3.05, 3.63) is 83.0 Å². The minimum atomic E-state index is 1.05. The predicted octanol–water partition coefficient (Wildman–Crippen LogP) is 4.37. The first-order valence-corrected chi connectivity index (χ1v) is 6.23. The van der Waals surface area contributed by atoms with Crippen LogP contribution in [0, 0.1) is 0 Å². The van der Waals surface area contributed by atoms with Crippen LogP contribution in [0.15, 0.2) is 77.4 Å². The van der Waals surface area contributed by atoms with Crippen LogP contribution in [0.1, 0.15) is 18.4 Å². The van der Waals surface area contributed by atoms with Crippen LogP contribution in [-0.4, -0.2) is 0 Å². The molecule has 1 aromatic carbocycles. The first-order chi connectivity index (χ1) is 8.43. The molecular weight excluding hydrogens is 204 g/mol. The van der Waals surface area contributed by atoms with Crippen molar-refractivity contribution in [2.75, 3.05) is 0 Å². The highest BCUT2D eigenvalue weighted by Gasteiger charge is 2.13. The molecule has 0 unspecified atom stereocenters. The summed E-state index contributed by atoms with van der Waals surface area (Å²) in [6.45, 7) is 0. The molecule has 2 aliphatic rings. The van der Waals surface area contributed by atoms with Crippen LogP contribution in [-0.2, 0) is 6.42 Å². The lowest BCUT2D eigenvalue weighted by Gasteiger charge is -2.07. The lowest BCUT2D eigenvalue weighted by molar-refractivity contribution is 1.15. The number of hydrogen-bond acceptors (Lipinski definition) is 0. The van der Waals surface area contributed by atoms with Gasteiger partial charge >= 0.3 is 0 Å². The second-order valence-electron chi connectivity index (χ2n) is 4.57. The number of benzene rings is 1. The molecule has 1 aromatic rings. The van der Waals surface area contributed by atoms with Crippen molar-refractivity contribution in [3.8, 4) is 0 Å². The monoisotopic (exact) mass is 220 g/mol. The Hall–Kier alpha value is -1.82. The average molecular weight is 220 g/mol. The molecule has 84 valence electrons. The summed E-state index contributed by atoms with van der Waals surface area (Å²) in [6, 6.07) is 10.7. The zero-order chi connectivity index (χ0) is 11.5. The van der Waals surface area contributed by atoms with Crippen molar-refractivity contribution in [2.24, 2.45) is 0 Å². The first kappa shape index (κ1) is 10.3. The Kier molecular flexibility index (Phi) is 2.79. The third-order valence-electron chi connectivity index (χ3n) is 3.39. The SMILES string of the molecule is C1=CC(C2=C(Cc3ccccc3)C=CC2)=CC1. The molecule has 0 heteroatoms. The maximum Gasteiger partial charge on any atom is -0.00228 e. The zero-order valence-corrected chi connectivity index (χ0v) is 9.89. The molecule has 0 fully saturated rings. The van der Waals surface area contributed by atoms with Crippen LogP contribution in [0.3, 0.4) is 0 Å². The molecule has 0 aromatic heterocycles. The van der Waals surface area contributed by atoms with Gasteiger partial charge in [-0.25, -0.2) is 0 Å². The van der Waals surface area contributed by atoms with E-state index in [-0.39, 0.29) is 0 Å². The van der Waals surface area contributed by atoms with Crippen molar-refractivity contribution in [2.45, 2.75) is 19.3 Å². The summed E-state index contributed by atoms with van der Waals surface area (Å²) in [5.74, 6) is 0. The van der Waals surface area contributed by atoms with Gasteiger partial charge in [-0.1, -0.05) is 60.7 Å². The summed E-state index contributed by atoms with van der Waals surface area (Å²) in [5, 5.41) is 0. The largest absolute Gasteiger partial charge is 0.0801 e. The van der Waals surface area contributed by atoms with Gasteiger partial charge in [0.05, 0.1) is 0 Å². The summed E-state index contributed by atoms with van der Waals surface area (Å²) in [6.07, 6.45) is 14.6. The Bertz CT molecular complexity index is 524. The van der Waals surface area contributed by atoms with E-state index >= 15 is 0 Å². The maximum absolute atomic E-state index is 2.33. The summed E-state index contributed by atoms with van der Waals surface area (Å²) < 4.78 is 0. The molecule has 0 heterocycles. The van der Waals surface area contributed by atoms with Crippen LogP contribution < -0.4 is 0 Å². The van der Waals surface area contributed by atoms with E-state index in [0.717, 1.165) is 19.3 Å². The lowest BCUT2D eigenvalue weighted by Crippen LogP contribution is -1.92. The van der Waals surface area contributed by atoms with Gasteiger partial charge in [0.25, 0.3) is 0 Å². The molecule has 3 rings (SSSR count). The first-order valence-electron chi connectivity index (χ1n) is 6.23. The van der Waals surface area contributed by atoms with Gasteiger partial charge in [0.1, 0.15) is 0 Å². The summed E-state index contributed by atoms with van der Waals surface area (Å²) >= 11 is 0. The minimum absolute atomic E-state index is 1.05. The van der Waals surface area contributed by atoms with Gasteiger partial charge < -0.3 is 0 Å². The molecular formula is C17H16. The average Bonchev–Trinajstić information content (AvgIpc) is 3.00. The third-order valence-corrected chi connectivity index (χ3v) is 3.39. The molecule has 0 atom stereocenters. The molecule has 0 saturated carbocycles. The van der Waals surface area contributed by atoms with Gasteiger partial charge in [-0.15, -0.1) is 0 Å².